The summed E-state index contributed by atoms with van der Waals surface area (Å²) < 4.78 is 97.9. The van der Waals surface area contributed by atoms with Gasteiger partial charge in [0.1, 0.15) is 5.56 Å². The Morgan fingerprint density at radius 2 is 1.57 bits per heavy atom. The van der Waals surface area contributed by atoms with E-state index in [1.165, 1.54) is 7.05 Å². The molecule has 3 rings (SSSR count). The number of carboxylic acids is 1. The number of nitrogens with zero attached hydrogens (tertiary/aromatic N) is 2. The second-order valence-corrected chi connectivity index (χ2v) is 10.2. The SMILES string of the molecule is CNCc1cc(C(F)(F)F)cc(C(F)(F)F)c1.CS(=O)(=O)c1ncc(C(=O)O)c(-c2ccccc2Br)n1. The Labute approximate surface area is 215 Å². The van der Waals surface area contributed by atoms with Gasteiger partial charge in [0.25, 0.3) is 0 Å². The van der Waals surface area contributed by atoms with E-state index in [0.717, 1.165) is 12.5 Å². The average molecular weight is 614 g/mol. The van der Waals surface area contributed by atoms with Crippen LogP contribution in [0, 0.1) is 0 Å². The van der Waals surface area contributed by atoms with Crippen molar-refractivity contribution in [3.05, 3.63) is 75.4 Å². The molecule has 0 aliphatic heterocycles. The Morgan fingerprint density at radius 3 is 2.00 bits per heavy atom. The van der Waals surface area contributed by atoms with Gasteiger partial charge in [-0.05, 0) is 36.9 Å². The van der Waals surface area contributed by atoms with Crippen LogP contribution < -0.4 is 5.32 Å². The van der Waals surface area contributed by atoms with Gasteiger partial charge in [-0.2, -0.15) is 26.3 Å². The molecule has 1 heterocycles. The molecule has 0 radical (unpaired) electrons. The third-order valence-corrected chi connectivity index (χ3v) is 6.04. The Balaban J connectivity index is 0.000000264. The molecule has 0 aliphatic rings. The van der Waals surface area contributed by atoms with E-state index in [9.17, 15) is 39.6 Å². The van der Waals surface area contributed by atoms with Gasteiger partial charge in [-0.3, -0.25) is 0 Å². The van der Waals surface area contributed by atoms with Gasteiger partial charge < -0.3 is 10.4 Å². The van der Waals surface area contributed by atoms with Crippen LogP contribution in [-0.2, 0) is 28.7 Å². The minimum Gasteiger partial charge on any atom is -0.478 e. The smallest absolute Gasteiger partial charge is 0.416 e. The molecule has 0 bridgehead atoms. The fourth-order valence-corrected chi connectivity index (χ4v) is 3.86. The second kappa shape index (κ2) is 11.6. The summed E-state index contributed by atoms with van der Waals surface area (Å²) in [6.45, 7) is -0.0625. The van der Waals surface area contributed by atoms with Gasteiger partial charge in [-0.25, -0.2) is 23.2 Å². The largest absolute Gasteiger partial charge is 0.478 e. The predicted molar refractivity (Wildman–Crippen MR) is 124 cm³/mol. The zero-order valence-electron chi connectivity index (χ0n) is 18.9. The third-order valence-electron chi connectivity index (χ3n) is 4.49. The van der Waals surface area contributed by atoms with Crippen LogP contribution in [0.2, 0.25) is 0 Å². The summed E-state index contributed by atoms with van der Waals surface area (Å²) in [5, 5.41) is 11.3. The van der Waals surface area contributed by atoms with Gasteiger partial charge in [0.15, 0.2) is 0 Å². The van der Waals surface area contributed by atoms with Gasteiger partial charge in [0.2, 0.25) is 15.0 Å². The van der Waals surface area contributed by atoms with Crippen molar-refractivity contribution in [1.29, 1.82) is 0 Å². The van der Waals surface area contributed by atoms with Gasteiger partial charge >= 0.3 is 18.3 Å². The highest BCUT2D eigenvalue weighted by Gasteiger charge is 2.36. The number of benzene rings is 2. The van der Waals surface area contributed by atoms with E-state index in [1.807, 2.05) is 0 Å². The molecule has 2 aromatic carbocycles. The first kappa shape index (κ1) is 30.2. The summed E-state index contributed by atoms with van der Waals surface area (Å²) >= 11 is 3.29. The molecule has 7 nitrogen and oxygen atoms in total. The summed E-state index contributed by atoms with van der Waals surface area (Å²) in [6.07, 6.45) is -7.61. The van der Waals surface area contributed by atoms with E-state index < -0.39 is 44.4 Å². The zero-order chi connectivity index (χ0) is 28.2. The molecule has 0 saturated heterocycles. The maximum absolute atomic E-state index is 12.4. The van der Waals surface area contributed by atoms with Crippen molar-refractivity contribution in [3.8, 4) is 11.3 Å². The number of aromatic nitrogens is 2. The number of carboxylic acid groups (broad SMARTS) is 1. The van der Waals surface area contributed by atoms with Gasteiger partial charge in [-0.1, -0.05) is 34.1 Å². The van der Waals surface area contributed by atoms with Crippen molar-refractivity contribution in [3.63, 3.8) is 0 Å². The van der Waals surface area contributed by atoms with Crippen LogP contribution in [-0.4, -0.2) is 42.8 Å². The molecule has 0 spiro atoms. The first-order chi connectivity index (χ1) is 16.9. The molecule has 0 unspecified atom stereocenters. The van der Waals surface area contributed by atoms with Crippen molar-refractivity contribution in [2.75, 3.05) is 13.3 Å². The highest BCUT2D eigenvalue weighted by molar-refractivity contribution is 9.10. The van der Waals surface area contributed by atoms with Crippen molar-refractivity contribution in [2.24, 2.45) is 0 Å². The van der Waals surface area contributed by atoms with Crippen LogP contribution in [0.15, 0.2) is 58.3 Å². The molecule has 37 heavy (non-hydrogen) atoms. The molecule has 0 fully saturated rings. The molecule has 0 aliphatic carbocycles. The third kappa shape index (κ3) is 8.23. The molecule has 15 heteroatoms. The van der Waals surface area contributed by atoms with Crippen LogP contribution in [0.1, 0.15) is 27.0 Å². The lowest BCUT2D eigenvalue weighted by molar-refractivity contribution is -0.143. The van der Waals surface area contributed by atoms with Crippen molar-refractivity contribution >= 4 is 31.7 Å². The van der Waals surface area contributed by atoms with E-state index in [1.54, 1.807) is 24.3 Å². The Kier molecular flexibility index (Phi) is 9.43. The maximum Gasteiger partial charge on any atom is 0.416 e. The van der Waals surface area contributed by atoms with E-state index >= 15 is 0 Å². The number of rotatable bonds is 5. The second-order valence-electron chi connectivity index (χ2n) is 7.42. The van der Waals surface area contributed by atoms with Crippen LogP contribution in [0.4, 0.5) is 26.3 Å². The lowest BCUT2D eigenvalue weighted by Gasteiger charge is -2.13. The van der Waals surface area contributed by atoms with Gasteiger partial charge in [0.05, 0.1) is 16.8 Å². The normalized spacial score (nSPS) is 12.0. The zero-order valence-corrected chi connectivity index (χ0v) is 21.3. The van der Waals surface area contributed by atoms with E-state index in [-0.39, 0.29) is 29.4 Å². The molecule has 0 saturated carbocycles. The first-order valence-electron chi connectivity index (χ1n) is 9.93. The fourth-order valence-electron chi connectivity index (χ4n) is 2.88. The minimum atomic E-state index is -4.79. The summed E-state index contributed by atoms with van der Waals surface area (Å²) in [5.74, 6) is -1.23. The molecule has 200 valence electrons. The highest BCUT2D eigenvalue weighted by atomic mass is 79.9. The number of halogens is 7. The Morgan fingerprint density at radius 1 is 1.03 bits per heavy atom. The monoisotopic (exact) mass is 613 g/mol. The van der Waals surface area contributed by atoms with E-state index in [2.05, 4.69) is 31.2 Å². The standard InChI is InChI=1S/C12H9BrN2O4S.C10H9F6N/c1-20(18,19)12-14-6-8(11(16)17)10(15-12)7-4-2-3-5-9(7)13;1-17-5-6-2-7(9(11,12)13)4-8(3-6)10(14,15)16/h2-6H,1H3,(H,16,17);2-4,17H,5H2,1H3. The average Bonchev–Trinajstić information content (AvgIpc) is 2.77. The van der Waals surface area contributed by atoms with Crippen LogP contribution in [0.3, 0.4) is 0 Å². The number of hydrogen-bond acceptors (Lipinski definition) is 6. The van der Waals surface area contributed by atoms with Crippen molar-refractivity contribution in [2.45, 2.75) is 24.1 Å². The van der Waals surface area contributed by atoms with E-state index in [0.29, 0.717) is 22.2 Å². The lowest BCUT2D eigenvalue weighted by Crippen LogP contribution is -2.14. The highest BCUT2D eigenvalue weighted by Crippen LogP contribution is 2.36. The Hall–Kier alpha value is -3.04. The summed E-state index contributed by atoms with van der Waals surface area (Å²) in [4.78, 5) is 18.7. The molecule has 2 N–H and O–H groups in total. The number of carbonyl (C=O) groups is 1. The van der Waals surface area contributed by atoms with E-state index in [4.69, 9.17) is 5.11 Å². The number of alkyl halides is 6. The number of hydrogen-bond donors (Lipinski definition) is 2. The molecule has 1 aromatic heterocycles. The lowest BCUT2D eigenvalue weighted by atomic mass is 10.0. The van der Waals surface area contributed by atoms with Crippen molar-refractivity contribution in [1.82, 2.24) is 15.3 Å². The molecule has 0 amide bonds. The number of sulfone groups is 1. The topological polar surface area (TPSA) is 109 Å². The number of nitrogens with one attached hydrogen (secondary N) is 1. The predicted octanol–water partition coefficient (Wildman–Crippen LogP) is 5.45. The minimum absolute atomic E-state index is 0.0559. The number of aromatic carboxylic acids is 1. The van der Waals surface area contributed by atoms with Crippen LogP contribution >= 0.6 is 15.9 Å². The molecule has 0 atom stereocenters. The summed E-state index contributed by atoms with van der Waals surface area (Å²) in [7, 11) is -2.18. The van der Waals surface area contributed by atoms with Gasteiger partial charge in [-0.15, -0.1) is 0 Å². The molecular weight excluding hydrogens is 596 g/mol. The quantitative estimate of drug-likeness (QED) is 0.291. The fraction of sp³-hybridized carbons (Fsp3) is 0.227. The summed E-state index contributed by atoms with van der Waals surface area (Å²) in [5.41, 5.74) is -2.27. The summed E-state index contributed by atoms with van der Waals surface area (Å²) in [6, 6.07) is 8.32. The molecular formula is C22H18BrF6N3O4S. The molecule has 3 aromatic rings. The van der Waals surface area contributed by atoms with Gasteiger partial charge in [0, 0.05) is 29.0 Å². The Bertz CT molecular complexity index is 1360. The van der Waals surface area contributed by atoms with Crippen molar-refractivity contribution < 1.29 is 44.7 Å². The maximum atomic E-state index is 12.4. The first-order valence-corrected chi connectivity index (χ1v) is 12.6. The van der Waals surface area contributed by atoms with Crippen LogP contribution in [0.5, 0.6) is 0 Å². The van der Waals surface area contributed by atoms with Crippen LogP contribution in [0.25, 0.3) is 11.3 Å².